The predicted molar refractivity (Wildman–Crippen MR) is 102 cm³/mol. The number of carbonyl (C=O) groups is 1. The molecule has 4 aliphatic rings. The molecule has 31 heavy (non-hydrogen) atoms. The van der Waals surface area contributed by atoms with E-state index in [-0.39, 0.29) is 53.3 Å². The van der Waals surface area contributed by atoms with E-state index in [2.05, 4.69) is 15.4 Å². The van der Waals surface area contributed by atoms with Gasteiger partial charge in [-0.1, -0.05) is 11.6 Å². The minimum absolute atomic E-state index is 0.0128. The molecule has 4 saturated carbocycles. The van der Waals surface area contributed by atoms with Crippen molar-refractivity contribution < 1.29 is 36.6 Å². The first-order valence-corrected chi connectivity index (χ1v) is 10.4. The SMILES string of the molecule is O=C(COc1ccc(Cl)c(F)c1)NC12CC(NCCO[C@H]3C[C@@H](OC(F)(F)F)C3)(C1)C2. The Hall–Kier alpha value is -1.62. The maximum absolute atomic E-state index is 13.4. The van der Waals surface area contributed by atoms with Crippen molar-refractivity contribution >= 4 is 17.5 Å². The third kappa shape index (κ3) is 5.42. The molecular formula is C20H23ClF4N2O4. The molecule has 0 spiro atoms. The van der Waals surface area contributed by atoms with Crippen LogP contribution < -0.4 is 15.4 Å². The van der Waals surface area contributed by atoms with Crippen LogP contribution in [0, 0.1) is 5.82 Å². The van der Waals surface area contributed by atoms with Gasteiger partial charge in [0.25, 0.3) is 5.91 Å². The van der Waals surface area contributed by atoms with Gasteiger partial charge in [-0.15, -0.1) is 13.2 Å². The summed E-state index contributed by atoms with van der Waals surface area (Å²) in [5.74, 6) is -0.647. The van der Waals surface area contributed by atoms with Crippen molar-refractivity contribution in [1.82, 2.24) is 10.6 Å². The predicted octanol–water partition coefficient (Wildman–Crippen LogP) is 3.32. The first-order chi connectivity index (χ1) is 14.6. The lowest BCUT2D eigenvalue weighted by Crippen LogP contribution is -2.83. The topological polar surface area (TPSA) is 68.8 Å². The zero-order valence-electron chi connectivity index (χ0n) is 16.6. The molecule has 4 aliphatic carbocycles. The molecule has 2 N–H and O–H groups in total. The highest BCUT2D eigenvalue weighted by Crippen LogP contribution is 2.60. The van der Waals surface area contributed by atoms with E-state index < -0.39 is 18.3 Å². The lowest BCUT2D eigenvalue weighted by atomic mass is 9.44. The van der Waals surface area contributed by atoms with E-state index in [1.54, 1.807) is 0 Å². The second kappa shape index (κ2) is 8.38. The fourth-order valence-corrected chi connectivity index (χ4v) is 4.75. The first-order valence-electron chi connectivity index (χ1n) is 10.1. The van der Waals surface area contributed by atoms with Crippen LogP contribution in [0.5, 0.6) is 5.75 Å². The van der Waals surface area contributed by atoms with Gasteiger partial charge in [0.2, 0.25) is 0 Å². The van der Waals surface area contributed by atoms with Gasteiger partial charge in [-0.3, -0.25) is 9.53 Å². The van der Waals surface area contributed by atoms with E-state index in [1.165, 1.54) is 12.1 Å². The Morgan fingerprint density at radius 3 is 2.52 bits per heavy atom. The highest BCUT2D eigenvalue weighted by atomic mass is 35.5. The second-order valence-electron chi connectivity index (χ2n) is 8.58. The molecule has 0 unspecified atom stereocenters. The number of halogens is 5. The Morgan fingerprint density at radius 1 is 1.16 bits per heavy atom. The van der Waals surface area contributed by atoms with Crippen molar-refractivity contribution in [3.63, 3.8) is 0 Å². The quantitative estimate of drug-likeness (QED) is 0.409. The summed E-state index contributed by atoms with van der Waals surface area (Å²) in [6, 6.07) is 3.99. The van der Waals surface area contributed by atoms with Crippen molar-refractivity contribution in [1.29, 1.82) is 0 Å². The van der Waals surface area contributed by atoms with Crippen LogP contribution in [-0.4, -0.2) is 55.3 Å². The molecule has 0 radical (unpaired) electrons. The average Bonchev–Trinajstić information content (AvgIpc) is 2.59. The summed E-state index contributed by atoms with van der Waals surface area (Å²) in [6.07, 6.45) is -2.68. The molecule has 1 aromatic carbocycles. The van der Waals surface area contributed by atoms with Crippen molar-refractivity contribution in [3.05, 3.63) is 29.0 Å². The molecule has 0 atom stereocenters. The van der Waals surface area contributed by atoms with Gasteiger partial charge in [0.15, 0.2) is 6.61 Å². The minimum Gasteiger partial charge on any atom is -0.484 e. The normalized spacial score (nSPS) is 31.3. The van der Waals surface area contributed by atoms with Gasteiger partial charge in [0.05, 0.1) is 23.8 Å². The summed E-state index contributed by atoms with van der Waals surface area (Å²) in [5.41, 5.74) is -0.242. The van der Waals surface area contributed by atoms with E-state index in [0.717, 1.165) is 25.3 Å². The third-order valence-electron chi connectivity index (χ3n) is 6.00. The Kier molecular flexibility index (Phi) is 6.10. The summed E-state index contributed by atoms with van der Waals surface area (Å²) < 4.78 is 64.4. The van der Waals surface area contributed by atoms with Crippen molar-refractivity contribution in [2.24, 2.45) is 0 Å². The molecule has 0 aliphatic heterocycles. The van der Waals surface area contributed by atoms with Gasteiger partial charge in [-0.25, -0.2) is 4.39 Å². The Balaban J connectivity index is 1.06. The molecule has 0 aromatic heterocycles. The Bertz CT molecular complexity index is 812. The zero-order chi connectivity index (χ0) is 22.3. The number of nitrogens with one attached hydrogen (secondary N) is 2. The monoisotopic (exact) mass is 466 g/mol. The Morgan fingerprint density at radius 2 is 1.87 bits per heavy atom. The largest absolute Gasteiger partial charge is 0.522 e. The van der Waals surface area contributed by atoms with E-state index in [4.69, 9.17) is 21.1 Å². The van der Waals surface area contributed by atoms with E-state index in [0.29, 0.717) is 13.2 Å². The number of carbonyl (C=O) groups excluding carboxylic acids is 1. The molecule has 11 heteroatoms. The van der Waals surface area contributed by atoms with Gasteiger partial charge in [-0.2, -0.15) is 0 Å². The van der Waals surface area contributed by atoms with Crippen LogP contribution in [0.25, 0.3) is 0 Å². The lowest BCUT2D eigenvalue weighted by molar-refractivity contribution is -0.357. The van der Waals surface area contributed by atoms with Crippen molar-refractivity contribution in [2.45, 2.75) is 61.8 Å². The van der Waals surface area contributed by atoms with Gasteiger partial charge >= 0.3 is 6.36 Å². The summed E-state index contributed by atoms with van der Waals surface area (Å²) in [6.45, 7) is 0.796. The third-order valence-corrected chi connectivity index (χ3v) is 6.31. The fraction of sp³-hybridized carbons (Fsp3) is 0.650. The molecule has 4 fully saturated rings. The van der Waals surface area contributed by atoms with Crippen LogP contribution in [-0.2, 0) is 14.3 Å². The van der Waals surface area contributed by atoms with Gasteiger partial charge in [0.1, 0.15) is 11.6 Å². The van der Waals surface area contributed by atoms with Gasteiger partial charge in [0, 0.05) is 36.5 Å². The van der Waals surface area contributed by atoms with Gasteiger partial charge < -0.3 is 20.1 Å². The van der Waals surface area contributed by atoms with Crippen LogP contribution in [0.4, 0.5) is 17.6 Å². The van der Waals surface area contributed by atoms with Crippen LogP contribution in [0.3, 0.4) is 0 Å². The summed E-state index contributed by atoms with van der Waals surface area (Å²) in [5, 5.41) is 6.37. The molecule has 6 nitrogen and oxygen atoms in total. The average molecular weight is 467 g/mol. The Labute approximate surface area is 181 Å². The summed E-state index contributed by atoms with van der Waals surface area (Å²) >= 11 is 5.61. The second-order valence-corrected chi connectivity index (χ2v) is 8.99. The smallest absolute Gasteiger partial charge is 0.484 e. The number of hydrogen-bond donors (Lipinski definition) is 2. The summed E-state index contributed by atoms with van der Waals surface area (Å²) in [7, 11) is 0. The summed E-state index contributed by atoms with van der Waals surface area (Å²) in [4.78, 5) is 12.1. The van der Waals surface area contributed by atoms with Gasteiger partial charge in [-0.05, 0) is 31.4 Å². The molecule has 0 saturated heterocycles. The van der Waals surface area contributed by atoms with Crippen LogP contribution in [0.2, 0.25) is 5.02 Å². The van der Waals surface area contributed by atoms with Crippen LogP contribution in [0.1, 0.15) is 32.1 Å². The standard InChI is InChI=1S/C20H23ClF4N2O4/c21-15-2-1-12(7-16(15)22)30-8-17(28)27-19-9-18(10-19,11-19)26-3-4-29-13-5-14(6-13)31-20(23,24)25/h1-2,7,13-14,26H,3-6,8-11H2,(H,27,28)/t13-,14+,18?,19?. The molecule has 0 heterocycles. The molecule has 172 valence electrons. The molecular weight excluding hydrogens is 444 g/mol. The zero-order valence-corrected chi connectivity index (χ0v) is 17.3. The van der Waals surface area contributed by atoms with E-state index in [1.807, 2.05) is 0 Å². The van der Waals surface area contributed by atoms with E-state index >= 15 is 0 Å². The lowest BCUT2D eigenvalue weighted by Gasteiger charge is -2.70. The number of amides is 1. The van der Waals surface area contributed by atoms with Crippen LogP contribution >= 0.6 is 11.6 Å². The highest BCUT2D eigenvalue weighted by molar-refractivity contribution is 6.30. The van der Waals surface area contributed by atoms with E-state index in [9.17, 15) is 22.4 Å². The first kappa shape index (κ1) is 22.6. The number of alkyl halides is 3. The van der Waals surface area contributed by atoms with Crippen molar-refractivity contribution in [2.75, 3.05) is 19.8 Å². The molecule has 2 bridgehead atoms. The number of rotatable bonds is 10. The molecule has 5 rings (SSSR count). The number of hydrogen-bond acceptors (Lipinski definition) is 5. The molecule has 1 aromatic rings. The number of ether oxygens (including phenoxy) is 3. The maximum Gasteiger partial charge on any atom is 0.522 e. The minimum atomic E-state index is -4.59. The van der Waals surface area contributed by atoms with Crippen molar-refractivity contribution in [3.8, 4) is 5.75 Å². The maximum atomic E-state index is 13.4. The fourth-order valence-electron chi connectivity index (χ4n) is 4.64. The molecule has 1 amide bonds. The van der Waals surface area contributed by atoms with Crippen LogP contribution in [0.15, 0.2) is 18.2 Å². The highest BCUT2D eigenvalue weighted by Gasteiger charge is 2.68. The number of benzene rings is 1.